The molecular formula is C21H22BrNO3. The fourth-order valence-corrected chi connectivity index (χ4v) is 3.48. The van der Waals surface area contributed by atoms with Crippen molar-refractivity contribution >= 4 is 33.5 Å². The highest BCUT2D eigenvalue weighted by atomic mass is 79.9. The van der Waals surface area contributed by atoms with Crippen LogP contribution in [0.1, 0.15) is 35.2 Å². The van der Waals surface area contributed by atoms with E-state index in [1.165, 1.54) is 44.2 Å². The van der Waals surface area contributed by atoms with Gasteiger partial charge in [0.1, 0.15) is 11.5 Å². The minimum atomic E-state index is -0.0681. The van der Waals surface area contributed by atoms with Gasteiger partial charge in [-0.15, -0.1) is 0 Å². The van der Waals surface area contributed by atoms with Gasteiger partial charge in [-0.05, 0) is 77.7 Å². The first kappa shape index (κ1) is 18.5. The van der Waals surface area contributed by atoms with Gasteiger partial charge in [-0.25, -0.2) is 0 Å². The van der Waals surface area contributed by atoms with Gasteiger partial charge in [0.05, 0.1) is 11.6 Å². The summed E-state index contributed by atoms with van der Waals surface area (Å²) in [7, 11) is 1.53. The van der Waals surface area contributed by atoms with Gasteiger partial charge in [-0.2, -0.15) is 0 Å². The van der Waals surface area contributed by atoms with Crippen molar-refractivity contribution in [3.8, 4) is 11.5 Å². The third kappa shape index (κ3) is 4.28. The second-order valence-corrected chi connectivity index (χ2v) is 7.19. The highest BCUT2D eigenvalue weighted by molar-refractivity contribution is 9.10. The standard InChI is InChI=1S/C21H22BrNO3/c1-26-21-14-20(25)18(22)13-16(21)7-10-19(24)15-5-8-17(9-6-15)23-11-3-2-4-12-23/h5-10,13-14,25H,2-4,11-12H2,1H3/b10-7+. The number of halogens is 1. The number of aromatic hydroxyl groups is 1. The fraction of sp³-hybridized carbons (Fsp3) is 0.286. The number of piperidine rings is 1. The Hall–Kier alpha value is -2.27. The van der Waals surface area contributed by atoms with Crippen molar-refractivity contribution in [2.75, 3.05) is 25.1 Å². The number of hydrogen-bond donors (Lipinski definition) is 1. The van der Waals surface area contributed by atoms with Gasteiger partial charge in [0, 0.05) is 36.0 Å². The smallest absolute Gasteiger partial charge is 0.185 e. The van der Waals surface area contributed by atoms with Crippen molar-refractivity contribution in [3.05, 3.63) is 58.1 Å². The Morgan fingerprint density at radius 1 is 1.15 bits per heavy atom. The quantitative estimate of drug-likeness (QED) is 0.548. The average molecular weight is 416 g/mol. The van der Waals surface area contributed by atoms with Crippen LogP contribution in [0.4, 0.5) is 5.69 Å². The molecule has 3 rings (SSSR count). The zero-order valence-corrected chi connectivity index (χ0v) is 16.3. The second-order valence-electron chi connectivity index (χ2n) is 6.34. The number of allylic oxidation sites excluding steroid dienone is 1. The predicted molar refractivity (Wildman–Crippen MR) is 108 cm³/mol. The zero-order valence-electron chi connectivity index (χ0n) is 14.7. The fourth-order valence-electron chi connectivity index (χ4n) is 3.12. The van der Waals surface area contributed by atoms with Gasteiger partial charge in [-0.1, -0.05) is 0 Å². The van der Waals surface area contributed by atoms with E-state index in [4.69, 9.17) is 4.74 Å². The highest BCUT2D eigenvalue weighted by Crippen LogP contribution is 2.32. The summed E-state index contributed by atoms with van der Waals surface area (Å²) >= 11 is 3.28. The molecule has 0 saturated carbocycles. The molecule has 0 amide bonds. The first-order valence-electron chi connectivity index (χ1n) is 8.72. The lowest BCUT2D eigenvalue weighted by Crippen LogP contribution is -2.29. The van der Waals surface area contributed by atoms with Gasteiger partial charge in [0.15, 0.2) is 5.78 Å². The van der Waals surface area contributed by atoms with E-state index in [0.29, 0.717) is 15.8 Å². The Morgan fingerprint density at radius 3 is 2.50 bits per heavy atom. The van der Waals surface area contributed by atoms with Crippen LogP contribution < -0.4 is 9.64 Å². The van der Waals surface area contributed by atoms with Gasteiger partial charge in [0.2, 0.25) is 0 Å². The van der Waals surface area contributed by atoms with Crippen LogP contribution in [-0.2, 0) is 0 Å². The van der Waals surface area contributed by atoms with E-state index in [2.05, 4.69) is 20.8 Å². The van der Waals surface area contributed by atoms with Crippen molar-refractivity contribution < 1.29 is 14.6 Å². The van der Waals surface area contributed by atoms with Crippen molar-refractivity contribution in [1.82, 2.24) is 0 Å². The van der Waals surface area contributed by atoms with Gasteiger partial charge < -0.3 is 14.7 Å². The first-order valence-corrected chi connectivity index (χ1v) is 9.51. The molecule has 136 valence electrons. The van der Waals surface area contributed by atoms with Crippen molar-refractivity contribution in [2.24, 2.45) is 0 Å². The zero-order chi connectivity index (χ0) is 18.5. The molecule has 1 saturated heterocycles. The summed E-state index contributed by atoms with van der Waals surface area (Å²) in [4.78, 5) is 14.8. The largest absolute Gasteiger partial charge is 0.507 e. The molecular weight excluding hydrogens is 394 g/mol. The highest BCUT2D eigenvalue weighted by Gasteiger charge is 2.12. The summed E-state index contributed by atoms with van der Waals surface area (Å²) in [5.74, 6) is 0.537. The molecule has 2 aromatic rings. The van der Waals surface area contributed by atoms with Crippen molar-refractivity contribution in [2.45, 2.75) is 19.3 Å². The molecule has 0 spiro atoms. The molecule has 0 aromatic heterocycles. The number of methoxy groups -OCH3 is 1. The van der Waals surface area contributed by atoms with Crippen LogP contribution in [0.25, 0.3) is 6.08 Å². The number of hydrogen-bond acceptors (Lipinski definition) is 4. The molecule has 1 N–H and O–H groups in total. The molecule has 1 aliphatic rings. The molecule has 0 aliphatic carbocycles. The van der Waals surface area contributed by atoms with Crippen LogP contribution >= 0.6 is 15.9 Å². The number of carbonyl (C=O) groups excluding carboxylic acids is 1. The number of rotatable bonds is 5. The Balaban J connectivity index is 1.73. The number of ketones is 1. The third-order valence-electron chi connectivity index (χ3n) is 4.59. The topological polar surface area (TPSA) is 49.8 Å². The molecule has 1 fully saturated rings. The summed E-state index contributed by atoms with van der Waals surface area (Å²) < 4.78 is 5.81. The number of phenolic OH excluding ortho intramolecular Hbond substituents is 1. The molecule has 4 nitrogen and oxygen atoms in total. The second kappa shape index (κ2) is 8.41. The SMILES string of the molecule is COc1cc(O)c(Br)cc1/C=C/C(=O)c1ccc(N2CCCCC2)cc1. The molecule has 0 unspecified atom stereocenters. The molecule has 0 atom stereocenters. The van der Waals surface area contributed by atoms with Crippen LogP contribution in [0.3, 0.4) is 0 Å². The molecule has 0 bridgehead atoms. The molecule has 2 aromatic carbocycles. The molecule has 1 heterocycles. The van der Waals surface area contributed by atoms with Crippen molar-refractivity contribution in [1.29, 1.82) is 0 Å². The Labute approximate surface area is 162 Å². The Morgan fingerprint density at radius 2 is 1.85 bits per heavy atom. The van der Waals surface area contributed by atoms with Gasteiger partial charge >= 0.3 is 0 Å². The average Bonchev–Trinajstić information content (AvgIpc) is 2.69. The number of phenols is 1. The molecule has 26 heavy (non-hydrogen) atoms. The lowest BCUT2D eigenvalue weighted by atomic mass is 10.1. The van der Waals surface area contributed by atoms with Crippen LogP contribution in [0.2, 0.25) is 0 Å². The van der Waals surface area contributed by atoms with Crippen LogP contribution in [0, 0.1) is 0 Å². The monoisotopic (exact) mass is 415 g/mol. The van der Waals surface area contributed by atoms with E-state index >= 15 is 0 Å². The summed E-state index contributed by atoms with van der Waals surface area (Å²) in [6.45, 7) is 2.17. The van der Waals surface area contributed by atoms with E-state index in [9.17, 15) is 9.90 Å². The number of nitrogens with zero attached hydrogens (tertiary/aromatic N) is 1. The maximum atomic E-state index is 12.5. The Kier molecular flexibility index (Phi) is 5.99. The summed E-state index contributed by atoms with van der Waals surface area (Å²) in [6, 6.07) is 11.0. The van der Waals surface area contributed by atoms with E-state index in [1.807, 2.05) is 24.3 Å². The molecule has 5 heteroatoms. The maximum absolute atomic E-state index is 12.5. The first-order chi connectivity index (χ1) is 12.6. The maximum Gasteiger partial charge on any atom is 0.185 e. The summed E-state index contributed by atoms with van der Waals surface area (Å²) in [5, 5.41) is 9.72. The van der Waals surface area contributed by atoms with Crippen LogP contribution in [0.15, 0.2) is 46.9 Å². The van der Waals surface area contributed by atoms with Gasteiger partial charge in [-0.3, -0.25) is 4.79 Å². The van der Waals surface area contributed by atoms with E-state index in [-0.39, 0.29) is 11.5 Å². The predicted octanol–water partition coefficient (Wildman–Crippen LogP) is 5.05. The summed E-state index contributed by atoms with van der Waals surface area (Å²) in [6.07, 6.45) is 6.98. The minimum absolute atomic E-state index is 0.0681. The van der Waals surface area contributed by atoms with E-state index in [0.717, 1.165) is 18.7 Å². The minimum Gasteiger partial charge on any atom is -0.507 e. The van der Waals surface area contributed by atoms with Crippen molar-refractivity contribution in [3.63, 3.8) is 0 Å². The lowest BCUT2D eigenvalue weighted by molar-refractivity contribution is 0.104. The normalized spacial score (nSPS) is 14.6. The molecule has 0 radical (unpaired) electrons. The number of anilines is 1. The molecule has 1 aliphatic heterocycles. The number of carbonyl (C=O) groups is 1. The number of benzene rings is 2. The van der Waals surface area contributed by atoms with E-state index < -0.39 is 0 Å². The third-order valence-corrected chi connectivity index (χ3v) is 5.22. The van der Waals surface area contributed by atoms with E-state index in [1.54, 1.807) is 12.1 Å². The lowest BCUT2D eigenvalue weighted by Gasteiger charge is -2.28. The van der Waals surface area contributed by atoms with Crippen LogP contribution in [0.5, 0.6) is 11.5 Å². The summed E-state index contributed by atoms with van der Waals surface area (Å²) in [5.41, 5.74) is 2.55. The number of ether oxygens (including phenoxy) is 1. The van der Waals surface area contributed by atoms with Crippen LogP contribution in [-0.4, -0.2) is 31.1 Å². The van der Waals surface area contributed by atoms with Gasteiger partial charge in [0.25, 0.3) is 0 Å². The Bertz CT molecular complexity index is 809.